The number of nitrogens with two attached hydrogens (primary N) is 1. The molecule has 2 rings (SSSR count). The summed E-state index contributed by atoms with van der Waals surface area (Å²) in [5.41, 5.74) is 6.41. The summed E-state index contributed by atoms with van der Waals surface area (Å²) in [5.74, 6) is 0.893. The van der Waals surface area contributed by atoms with Crippen LogP contribution in [-0.4, -0.2) is 13.1 Å². The molecule has 0 aliphatic heterocycles. The van der Waals surface area contributed by atoms with E-state index in [0.717, 1.165) is 32.0 Å². The third-order valence-electron chi connectivity index (χ3n) is 4.63. The second-order valence-corrected chi connectivity index (χ2v) is 7.46. The van der Waals surface area contributed by atoms with Gasteiger partial charge in [-0.15, -0.1) is 11.3 Å². The molecule has 0 saturated heterocycles. The highest BCUT2D eigenvalue weighted by Crippen LogP contribution is 2.37. The lowest BCUT2D eigenvalue weighted by Crippen LogP contribution is -2.42. The fourth-order valence-corrected chi connectivity index (χ4v) is 3.91. The number of rotatable bonds is 6. The van der Waals surface area contributed by atoms with Crippen LogP contribution in [0.2, 0.25) is 0 Å². The van der Waals surface area contributed by atoms with Gasteiger partial charge in [0, 0.05) is 22.8 Å². The smallest absolute Gasteiger partial charge is 0.0300 e. The van der Waals surface area contributed by atoms with Crippen molar-refractivity contribution in [3.8, 4) is 0 Å². The minimum absolute atomic E-state index is 0.358. The molecule has 1 fully saturated rings. The van der Waals surface area contributed by atoms with Gasteiger partial charge in [0.15, 0.2) is 0 Å². The number of hydrogen-bond acceptors (Lipinski definition) is 3. The van der Waals surface area contributed by atoms with Crippen LogP contribution in [0.5, 0.6) is 0 Å². The van der Waals surface area contributed by atoms with Gasteiger partial charge in [0.1, 0.15) is 0 Å². The van der Waals surface area contributed by atoms with Gasteiger partial charge in [0.25, 0.3) is 0 Å². The standard InChI is InChI=1S/C16H28N2S/c1-3-14-4-5-15(19-14)10-18-12-16(11-17)8-6-13(2)7-9-16/h4-5,13,18H,3,6-12,17H2,1-2H3. The first-order chi connectivity index (χ1) is 9.17. The fourth-order valence-electron chi connectivity index (χ4n) is 2.99. The molecule has 0 unspecified atom stereocenters. The lowest BCUT2D eigenvalue weighted by Gasteiger charge is -2.38. The molecule has 1 aromatic heterocycles. The van der Waals surface area contributed by atoms with Crippen molar-refractivity contribution in [2.45, 2.75) is 52.5 Å². The van der Waals surface area contributed by atoms with Gasteiger partial charge in [0.05, 0.1) is 0 Å². The maximum atomic E-state index is 6.05. The van der Waals surface area contributed by atoms with Crippen LogP contribution in [0.15, 0.2) is 12.1 Å². The minimum Gasteiger partial charge on any atom is -0.330 e. The van der Waals surface area contributed by atoms with Crippen LogP contribution >= 0.6 is 11.3 Å². The van der Waals surface area contributed by atoms with Crippen molar-refractivity contribution in [2.75, 3.05) is 13.1 Å². The Bertz CT molecular complexity index is 378. The van der Waals surface area contributed by atoms with Gasteiger partial charge in [-0.1, -0.05) is 26.7 Å². The lowest BCUT2D eigenvalue weighted by atomic mass is 9.71. The number of nitrogens with one attached hydrogen (secondary N) is 1. The predicted octanol–water partition coefficient (Wildman–Crippen LogP) is 3.56. The molecule has 0 aromatic carbocycles. The minimum atomic E-state index is 0.358. The second-order valence-electron chi connectivity index (χ2n) is 6.21. The Morgan fingerprint density at radius 2 is 2.00 bits per heavy atom. The van der Waals surface area contributed by atoms with E-state index < -0.39 is 0 Å². The summed E-state index contributed by atoms with van der Waals surface area (Å²) in [6.07, 6.45) is 6.43. The summed E-state index contributed by atoms with van der Waals surface area (Å²) in [6, 6.07) is 4.51. The van der Waals surface area contributed by atoms with Crippen LogP contribution in [0.3, 0.4) is 0 Å². The molecule has 3 heteroatoms. The molecule has 1 heterocycles. The Labute approximate surface area is 121 Å². The highest BCUT2D eigenvalue weighted by Gasteiger charge is 2.32. The number of thiophene rings is 1. The van der Waals surface area contributed by atoms with Gasteiger partial charge >= 0.3 is 0 Å². The van der Waals surface area contributed by atoms with Gasteiger partial charge in [-0.2, -0.15) is 0 Å². The van der Waals surface area contributed by atoms with Crippen molar-refractivity contribution in [1.29, 1.82) is 0 Å². The zero-order valence-electron chi connectivity index (χ0n) is 12.4. The quantitative estimate of drug-likeness (QED) is 0.836. The SMILES string of the molecule is CCc1ccc(CNCC2(CN)CCC(C)CC2)s1. The topological polar surface area (TPSA) is 38.0 Å². The first-order valence-electron chi connectivity index (χ1n) is 7.66. The van der Waals surface area contributed by atoms with Crippen LogP contribution < -0.4 is 11.1 Å². The molecule has 0 atom stereocenters. The molecule has 0 amide bonds. The van der Waals surface area contributed by atoms with Gasteiger partial charge in [-0.3, -0.25) is 0 Å². The second kappa shape index (κ2) is 6.87. The Kier molecular flexibility index (Phi) is 5.43. The maximum Gasteiger partial charge on any atom is 0.0300 e. The van der Waals surface area contributed by atoms with E-state index in [1.165, 1.54) is 35.4 Å². The van der Waals surface area contributed by atoms with E-state index in [4.69, 9.17) is 5.73 Å². The van der Waals surface area contributed by atoms with Crippen molar-refractivity contribution in [1.82, 2.24) is 5.32 Å². The molecule has 0 bridgehead atoms. The summed E-state index contributed by atoms with van der Waals surface area (Å²) in [5, 5.41) is 3.65. The van der Waals surface area contributed by atoms with E-state index >= 15 is 0 Å². The zero-order chi connectivity index (χ0) is 13.7. The molecule has 1 aromatic rings. The molecule has 108 valence electrons. The Morgan fingerprint density at radius 3 is 2.58 bits per heavy atom. The largest absolute Gasteiger partial charge is 0.330 e. The summed E-state index contributed by atoms with van der Waals surface area (Å²) in [4.78, 5) is 2.94. The molecular formula is C16H28N2S. The van der Waals surface area contributed by atoms with Gasteiger partial charge < -0.3 is 11.1 Å². The maximum absolute atomic E-state index is 6.05. The molecular weight excluding hydrogens is 252 g/mol. The Balaban J connectivity index is 1.80. The van der Waals surface area contributed by atoms with Crippen LogP contribution in [0.25, 0.3) is 0 Å². The van der Waals surface area contributed by atoms with E-state index in [1.807, 2.05) is 11.3 Å². The van der Waals surface area contributed by atoms with Crippen LogP contribution in [0.1, 0.15) is 49.3 Å². The normalized spacial score (nSPS) is 27.6. The van der Waals surface area contributed by atoms with E-state index in [-0.39, 0.29) is 0 Å². The summed E-state index contributed by atoms with van der Waals surface area (Å²) >= 11 is 1.93. The molecule has 3 N–H and O–H groups in total. The third-order valence-corrected chi connectivity index (χ3v) is 5.86. The summed E-state index contributed by atoms with van der Waals surface area (Å²) < 4.78 is 0. The zero-order valence-corrected chi connectivity index (χ0v) is 13.2. The van der Waals surface area contributed by atoms with E-state index in [9.17, 15) is 0 Å². The highest BCUT2D eigenvalue weighted by atomic mass is 32.1. The average Bonchev–Trinajstić information content (AvgIpc) is 2.89. The molecule has 0 radical (unpaired) electrons. The van der Waals surface area contributed by atoms with Crippen LogP contribution in [0.4, 0.5) is 0 Å². The molecule has 1 aliphatic rings. The number of hydrogen-bond donors (Lipinski definition) is 2. The first kappa shape index (κ1) is 15.0. The monoisotopic (exact) mass is 280 g/mol. The summed E-state index contributed by atoms with van der Waals surface area (Å²) in [6.45, 7) is 7.50. The van der Waals surface area contributed by atoms with Crippen molar-refractivity contribution < 1.29 is 0 Å². The summed E-state index contributed by atoms with van der Waals surface area (Å²) in [7, 11) is 0. The molecule has 19 heavy (non-hydrogen) atoms. The van der Waals surface area contributed by atoms with Gasteiger partial charge in [-0.25, -0.2) is 0 Å². The molecule has 2 nitrogen and oxygen atoms in total. The molecule has 0 spiro atoms. The van der Waals surface area contributed by atoms with E-state index in [2.05, 4.69) is 31.3 Å². The third kappa shape index (κ3) is 4.04. The highest BCUT2D eigenvalue weighted by molar-refractivity contribution is 7.11. The first-order valence-corrected chi connectivity index (χ1v) is 8.47. The lowest BCUT2D eigenvalue weighted by molar-refractivity contribution is 0.159. The molecule has 1 saturated carbocycles. The van der Waals surface area contributed by atoms with Crippen LogP contribution in [0, 0.1) is 11.3 Å². The predicted molar refractivity (Wildman–Crippen MR) is 84.5 cm³/mol. The fraction of sp³-hybridized carbons (Fsp3) is 0.750. The average molecular weight is 280 g/mol. The van der Waals surface area contributed by atoms with E-state index in [1.54, 1.807) is 0 Å². The van der Waals surface area contributed by atoms with Crippen molar-refractivity contribution in [2.24, 2.45) is 17.1 Å². The van der Waals surface area contributed by atoms with Gasteiger partial charge in [-0.05, 0) is 49.3 Å². The van der Waals surface area contributed by atoms with Crippen molar-refractivity contribution in [3.63, 3.8) is 0 Å². The number of aryl methyl sites for hydroxylation is 1. The van der Waals surface area contributed by atoms with Gasteiger partial charge in [0.2, 0.25) is 0 Å². The van der Waals surface area contributed by atoms with Crippen molar-refractivity contribution in [3.05, 3.63) is 21.9 Å². The van der Waals surface area contributed by atoms with Crippen molar-refractivity contribution >= 4 is 11.3 Å². The molecule has 1 aliphatic carbocycles. The van der Waals surface area contributed by atoms with Crippen LogP contribution in [-0.2, 0) is 13.0 Å². The Morgan fingerprint density at radius 1 is 1.32 bits per heavy atom. The Hall–Kier alpha value is -0.380. The van der Waals surface area contributed by atoms with E-state index in [0.29, 0.717) is 5.41 Å².